The van der Waals surface area contributed by atoms with Gasteiger partial charge < -0.3 is 9.47 Å². The Labute approximate surface area is 138 Å². The number of hydrogen-bond donors (Lipinski definition) is 0. The van der Waals surface area contributed by atoms with Crippen molar-refractivity contribution in [1.82, 2.24) is 0 Å². The fraction of sp³-hybridized carbons (Fsp3) is 0.222. The highest BCUT2D eigenvalue weighted by atomic mass is 32.1. The first-order chi connectivity index (χ1) is 11.2. The molecule has 1 aliphatic rings. The zero-order valence-electron chi connectivity index (χ0n) is 12.7. The van der Waals surface area contributed by atoms with Gasteiger partial charge in [-0.25, -0.2) is 9.59 Å². The van der Waals surface area contributed by atoms with Crippen LogP contribution in [-0.4, -0.2) is 18.7 Å². The highest BCUT2D eigenvalue weighted by Gasteiger charge is 2.21. The maximum absolute atomic E-state index is 12.1. The molecule has 0 fully saturated rings. The second-order valence-corrected chi connectivity index (χ2v) is 6.01. The summed E-state index contributed by atoms with van der Waals surface area (Å²) in [7, 11) is 0. The Morgan fingerprint density at radius 2 is 1.96 bits per heavy atom. The van der Waals surface area contributed by atoms with Crippen LogP contribution in [-0.2, 0) is 27.1 Å². The van der Waals surface area contributed by atoms with Gasteiger partial charge in [0.15, 0.2) is 0 Å². The fourth-order valence-corrected chi connectivity index (χ4v) is 3.67. The van der Waals surface area contributed by atoms with Gasteiger partial charge in [0.1, 0.15) is 0 Å². The van der Waals surface area contributed by atoms with E-state index in [1.54, 1.807) is 18.3 Å². The van der Waals surface area contributed by atoms with Crippen molar-refractivity contribution in [2.45, 2.75) is 19.8 Å². The van der Waals surface area contributed by atoms with Crippen molar-refractivity contribution >= 4 is 29.0 Å². The van der Waals surface area contributed by atoms with Crippen molar-refractivity contribution in [2.75, 3.05) is 6.61 Å². The van der Waals surface area contributed by atoms with Crippen LogP contribution in [0.4, 0.5) is 4.79 Å². The van der Waals surface area contributed by atoms with Crippen LogP contribution in [0.5, 0.6) is 0 Å². The van der Waals surface area contributed by atoms with Crippen LogP contribution in [0.15, 0.2) is 41.8 Å². The first-order valence-corrected chi connectivity index (χ1v) is 8.32. The van der Waals surface area contributed by atoms with E-state index >= 15 is 0 Å². The molecular formula is C18H16O4S. The molecule has 3 rings (SSSR count). The number of esters is 1. The Kier molecular flexibility index (Phi) is 4.57. The summed E-state index contributed by atoms with van der Waals surface area (Å²) in [6.07, 6.45) is 2.27. The molecule has 1 aliphatic carbocycles. The maximum atomic E-state index is 12.1. The molecule has 1 aromatic carbocycles. The van der Waals surface area contributed by atoms with Gasteiger partial charge in [-0.05, 0) is 47.9 Å². The van der Waals surface area contributed by atoms with Gasteiger partial charge in [-0.2, -0.15) is 0 Å². The Morgan fingerprint density at radius 3 is 2.78 bits per heavy atom. The Morgan fingerprint density at radius 1 is 1.17 bits per heavy atom. The molecule has 0 saturated heterocycles. The quantitative estimate of drug-likeness (QED) is 0.475. The second kappa shape index (κ2) is 6.79. The maximum Gasteiger partial charge on any atom is 0.516 e. The lowest BCUT2D eigenvalue weighted by Gasteiger charge is -2.09. The van der Waals surface area contributed by atoms with Gasteiger partial charge in [0.25, 0.3) is 0 Å². The number of carbonyl (C=O) groups is 2. The predicted molar refractivity (Wildman–Crippen MR) is 88.4 cm³/mol. The van der Waals surface area contributed by atoms with Crippen molar-refractivity contribution in [2.24, 2.45) is 0 Å². The summed E-state index contributed by atoms with van der Waals surface area (Å²) >= 11 is 1.59. The first-order valence-electron chi connectivity index (χ1n) is 7.44. The minimum Gasteiger partial charge on any atom is -0.434 e. The number of ether oxygens (including phenoxy) is 2. The highest BCUT2D eigenvalue weighted by molar-refractivity contribution is 7.11. The number of fused-ring (bicyclic) bond motifs is 2. The summed E-state index contributed by atoms with van der Waals surface area (Å²) in [5.74, 6) is -0.713. The van der Waals surface area contributed by atoms with E-state index < -0.39 is 12.1 Å². The van der Waals surface area contributed by atoms with E-state index in [0.29, 0.717) is 0 Å². The molecule has 0 spiro atoms. The number of aryl methyl sites for hydroxylation is 2. The van der Waals surface area contributed by atoms with Gasteiger partial charge in [-0.15, -0.1) is 11.3 Å². The standard InChI is InChI=1S/C18H16O4S/c1-2-21-18(20)22-16(19)11-15-14-6-4-3-5-12(14)7-8-13-9-10-23-17(13)15/h3-6,9-11H,2,7-8H2,1H3/b15-11+. The van der Waals surface area contributed by atoms with E-state index in [0.717, 1.165) is 28.9 Å². The third kappa shape index (κ3) is 3.35. The Bertz CT molecular complexity index is 773. The largest absolute Gasteiger partial charge is 0.516 e. The molecule has 4 nitrogen and oxygen atoms in total. The van der Waals surface area contributed by atoms with Crippen molar-refractivity contribution < 1.29 is 19.1 Å². The molecule has 0 atom stereocenters. The monoisotopic (exact) mass is 328 g/mol. The van der Waals surface area contributed by atoms with Gasteiger partial charge in [0.05, 0.1) is 6.61 Å². The molecule has 0 saturated carbocycles. The number of thiophene rings is 1. The Hall–Kier alpha value is -2.40. The molecule has 118 valence electrons. The van der Waals surface area contributed by atoms with Crippen LogP contribution < -0.4 is 0 Å². The molecule has 0 unspecified atom stereocenters. The molecule has 0 N–H and O–H groups in total. The Balaban J connectivity index is 1.99. The van der Waals surface area contributed by atoms with Crippen LogP contribution in [0.25, 0.3) is 5.57 Å². The third-order valence-corrected chi connectivity index (χ3v) is 4.66. The van der Waals surface area contributed by atoms with E-state index in [2.05, 4.69) is 21.6 Å². The zero-order chi connectivity index (χ0) is 16.2. The second-order valence-electron chi connectivity index (χ2n) is 5.09. The lowest BCUT2D eigenvalue weighted by molar-refractivity contribution is -0.134. The highest BCUT2D eigenvalue weighted by Crippen LogP contribution is 2.36. The lowest BCUT2D eigenvalue weighted by Crippen LogP contribution is -2.12. The number of hydrogen-bond acceptors (Lipinski definition) is 5. The summed E-state index contributed by atoms with van der Waals surface area (Å²) in [6.45, 7) is 1.82. The molecule has 2 aromatic rings. The van der Waals surface area contributed by atoms with Crippen molar-refractivity contribution in [1.29, 1.82) is 0 Å². The SMILES string of the molecule is CCOC(=O)OC(=O)/C=C1\c2ccccc2CCc2ccsc21. The van der Waals surface area contributed by atoms with Gasteiger partial charge in [-0.1, -0.05) is 24.3 Å². The van der Waals surface area contributed by atoms with E-state index in [4.69, 9.17) is 0 Å². The van der Waals surface area contributed by atoms with Crippen LogP contribution in [0.3, 0.4) is 0 Å². The summed E-state index contributed by atoms with van der Waals surface area (Å²) in [5.41, 5.74) is 4.21. The topological polar surface area (TPSA) is 52.6 Å². The average Bonchev–Trinajstić information content (AvgIpc) is 2.94. The minimum absolute atomic E-state index is 0.167. The van der Waals surface area contributed by atoms with E-state index in [9.17, 15) is 9.59 Å². The first kappa shape index (κ1) is 15.5. The number of rotatable bonds is 2. The molecule has 1 aromatic heterocycles. The van der Waals surface area contributed by atoms with E-state index in [1.807, 2.05) is 23.6 Å². The molecular weight excluding hydrogens is 312 g/mol. The van der Waals surface area contributed by atoms with Crippen LogP contribution in [0.1, 0.15) is 28.5 Å². The number of carbonyl (C=O) groups excluding carboxylic acids is 2. The van der Waals surface area contributed by atoms with E-state index in [1.165, 1.54) is 17.2 Å². The zero-order valence-corrected chi connectivity index (χ0v) is 13.5. The summed E-state index contributed by atoms with van der Waals surface area (Å²) in [6, 6.07) is 10.1. The van der Waals surface area contributed by atoms with Crippen LogP contribution in [0.2, 0.25) is 0 Å². The van der Waals surface area contributed by atoms with Gasteiger partial charge in [-0.3, -0.25) is 0 Å². The molecule has 5 heteroatoms. The van der Waals surface area contributed by atoms with Crippen LogP contribution in [0, 0.1) is 0 Å². The molecule has 23 heavy (non-hydrogen) atoms. The molecule has 0 amide bonds. The van der Waals surface area contributed by atoms with Crippen molar-refractivity contribution in [3.05, 3.63) is 63.4 Å². The number of benzene rings is 1. The molecule has 0 radical (unpaired) electrons. The lowest BCUT2D eigenvalue weighted by atomic mass is 9.99. The third-order valence-electron chi connectivity index (χ3n) is 3.67. The van der Waals surface area contributed by atoms with Gasteiger partial charge in [0.2, 0.25) is 0 Å². The smallest absolute Gasteiger partial charge is 0.434 e. The molecule has 0 aliphatic heterocycles. The van der Waals surface area contributed by atoms with Gasteiger partial charge in [0, 0.05) is 16.5 Å². The van der Waals surface area contributed by atoms with Crippen LogP contribution >= 0.6 is 11.3 Å². The summed E-state index contributed by atoms with van der Waals surface area (Å²) in [4.78, 5) is 24.4. The minimum atomic E-state index is -0.970. The van der Waals surface area contributed by atoms with Gasteiger partial charge >= 0.3 is 12.1 Å². The fourth-order valence-electron chi connectivity index (χ4n) is 2.68. The molecule has 1 heterocycles. The van der Waals surface area contributed by atoms with E-state index in [-0.39, 0.29) is 6.61 Å². The van der Waals surface area contributed by atoms with Crippen molar-refractivity contribution in [3.8, 4) is 0 Å². The molecule has 0 bridgehead atoms. The van der Waals surface area contributed by atoms with Crippen molar-refractivity contribution in [3.63, 3.8) is 0 Å². The normalized spacial score (nSPS) is 14.6. The average molecular weight is 328 g/mol. The summed E-state index contributed by atoms with van der Waals surface area (Å²) in [5, 5.41) is 2.02. The summed E-state index contributed by atoms with van der Waals surface area (Å²) < 4.78 is 9.31. The predicted octanol–water partition coefficient (Wildman–Crippen LogP) is 3.98.